The second-order valence-corrected chi connectivity index (χ2v) is 3.38. The van der Waals surface area contributed by atoms with Crippen LogP contribution in [0.15, 0.2) is 12.7 Å². The van der Waals surface area contributed by atoms with Gasteiger partial charge in [-0.25, -0.2) is 0 Å². The van der Waals surface area contributed by atoms with E-state index in [1.807, 2.05) is 13.8 Å². The molecule has 0 fully saturated rings. The summed E-state index contributed by atoms with van der Waals surface area (Å²) in [5.74, 6) is 0. The van der Waals surface area contributed by atoms with Gasteiger partial charge in [-0.05, 0) is 0 Å². The Bertz CT molecular complexity index is 132. The maximum atomic E-state index is 9.03. The molecule has 0 heterocycles. The molecule has 3 nitrogen and oxygen atoms in total. The third-order valence-corrected chi connectivity index (χ3v) is 1.76. The van der Waals surface area contributed by atoms with Crippen molar-refractivity contribution in [3.05, 3.63) is 12.7 Å². The van der Waals surface area contributed by atoms with Crippen LogP contribution in [0.4, 0.5) is 0 Å². The van der Waals surface area contributed by atoms with Gasteiger partial charge in [0.2, 0.25) is 0 Å². The number of rotatable bonds is 6. The van der Waals surface area contributed by atoms with E-state index in [1.165, 1.54) is 0 Å². The van der Waals surface area contributed by atoms with Crippen molar-refractivity contribution in [3.63, 3.8) is 0 Å². The standard InChI is InChI=1S/C9H18O3/c1-5-8(12-7-11-4)9(2,3)6-10/h5,8,10H,1,6-7H2,2-4H3/t8-/m0/s1. The van der Waals surface area contributed by atoms with Crippen LogP contribution in [-0.2, 0) is 9.47 Å². The summed E-state index contributed by atoms with van der Waals surface area (Å²) in [7, 11) is 1.56. The monoisotopic (exact) mass is 174 g/mol. The fraction of sp³-hybridized carbons (Fsp3) is 0.778. The highest BCUT2D eigenvalue weighted by molar-refractivity contribution is 4.91. The van der Waals surface area contributed by atoms with Crippen LogP contribution in [0.2, 0.25) is 0 Å². The molecule has 12 heavy (non-hydrogen) atoms. The van der Waals surface area contributed by atoms with Crippen LogP contribution < -0.4 is 0 Å². The van der Waals surface area contributed by atoms with Crippen LogP contribution in [0.5, 0.6) is 0 Å². The zero-order chi connectivity index (χ0) is 9.61. The summed E-state index contributed by atoms with van der Waals surface area (Å²) in [6.45, 7) is 7.75. The predicted molar refractivity (Wildman–Crippen MR) is 47.8 cm³/mol. The highest BCUT2D eigenvalue weighted by Crippen LogP contribution is 2.23. The number of aliphatic hydroxyl groups is 1. The summed E-state index contributed by atoms with van der Waals surface area (Å²) in [6.07, 6.45) is 1.50. The molecule has 0 spiro atoms. The van der Waals surface area contributed by atoms with E-state index in [9.17, 15) is 0 Å². The highest BCUT2D eigenvalue weighted by Gasteiger charge is 2.26. The Balaban J connectivity index is 4.04. The van der Waals surface area contributed by atoms with Crippen LogP contribution in [0.1, 0.15) is 13.8 Å². The van der Waals surface area contributed by atoms with Crippen molar-refractivity contribution in [1.82, 2.24) is 0 Å². The number of hydrogen-bond donors (Lipinski definition) is 1. The van der Waals surface area contributed by atoms with E-state index in [4.69, 9.17) is 14.6 Å². The molecule has 0 aliphatic carbocycles. The first-order valence-electron chi connectivity index (χ1n) is 3.92. The topological polar surface area (TPSA) is 38.7 Å². The first kappa shape index (κ1) is 11.6. The lowest BCUT2D eigenvalue weighted by Gasteiger charge is -2.29. The molecule has 0 amide bonds. The van der Waals surface area contributed by atoms with Gasteiger partial charge in [0.1, 0.15) is 6.79 Å². The Morgan fingerprint density at radius 3 is 2.50 bits per heavy atom. The van der Waals surface area contributed by atoms with Gasteiger partial charge < -0.3 is 14.6 Å². The summed E-state index contributed by atoms with van der Waals surface area (Å²) in [6, 6.07) is 0. The maximum absolute atomic E-state index is 9.03. The molecule has 0 rings (SSSR count). The van der Waals surface area contributed by atoms with Crippen LogP contribution in [0, 0.1) is 5.41 Å². The van der Waals surface area contributed by atoms with E-state index in [0.29, 0.717) is 0 Å². The van der Waals surface area contributed by atoms with Gasteiger partial charge in [0.25, 0.3) is 0 Å². The van der Waals surface area contributed by atoms with Gasteiger partial charge in [-0.3, -0.25) is 0 Å². The van der Waals surface area contributed by atoms with Crippen LogP contribution in [0.25, 0.3) is 0 Å². The van der Waals surface area contributed by atoms with Crippen molar-refractivity contribution >= 4 is 0 Å². The van der Waals surface area contributed by atoms with E-state index in [0.717, 1.165) is 0 Å². The maximum Gasteiger partial charge on any atom is 0.147 e. The van der Waals surface area contributed by atoms with Crippen molar-refractivity contribution < 1.29 is 14.6 Å². The molecule has 0 radical (unpaired) electrons. The largest absolute Gasteiger partial charge is 0.396 e. The Hall–Kier alpha value is -0.380. The predicted octanol–water partition coefficient (Wildman–Crippen LogP) is 1.18. The Kier molecular flexibility index (Phi) is 5.13. The van der Waals surface area contributed by atoms with Crippen LogP contribution >= 0.6 is 0 Å². The third-order valence-electron chi connectivity index (χ3n) is 1.76. The van der Waals surface area contributed by atoms with Crippen LogP contribution in [-0.4, -0.2) is 31.7 Å². The molecule has 0 aromatic carbocycles. The Morgan fingerprint density at radius 2 is 2.17 bits per heavy atom. The van der Waals surface area contributed by atoms with Crippen molar-refractivity contribution in [2.75, 3.05) is 20.5 Å². The third kappa shape index (κ3) is 3.34. The van der Waals surface area contributed by atoms with Crippen molar-refractivity contribution in [2.45, 2.75) is 20.0 Å². The minimum atomic E-state index is -0.305. The van der Waals surface area contributed by atoms with Crippen LogP contribution in [0.3, 0.4) is 0 Å². The summed E-state index contributed by atoms with van der Waals surface area (Å²) in [5.41, 5.74) is -0.305. The van der Waals surface area contributed by atoms with Gasteiger partial charge in [0, 0.05) is 12.5 Å². The fourth-order valence-corrected chi connectivity index (χ4v) is 0.844. The summed E-state index contributed by atoms with van der Waals surface area (Å²) in [5, 5.41) is 9.03. The highest BCUT2D eigenvalue weighted by atomic mass is 16.7. The van der Waals surface area contributed by atoms with Gasteiger partial charge in [0.15, 0.2) is 0 Å². The van der Waals surface area contributed by atoms with Gasteiger partial charge in [-0.15, -0.1) is 6.58 Å². The molecule has 0 aliphatic rings. The molecule has 0 aliphatic heterocycles. The van der Waals surface area contributed by atoms with Gasteiger partial charge in [0.05, 0.1) is 12.7 Å². The quantitative estimate of drug-likeness (QED) is 0.485. The molecular weight excluding hydrogens is 156 g/mol. The first-order chi connectivity index (χ1) is 5.58. The molecule has 0 saturated heterocycles. The normalized spacial score (nSPS) is 14.3. The van der Waals surface area contributed by atoms with Gasteiger partial charge in [-0.1, -0.05) is 19.9 Å². The molecule has 0 aromatic heterocycles. The second kappa shape index (κ2) is 5.30. The first-order valence-corrected chi connectivity index (χ1v) is 3.92. The molecule has 72 valence electrons. The molecule has 0 saturated carbocycles. The van der Waals surface area contributed by atoms with E-state index in [1.54, 1.807) is 13.2 Å². The lowest BCUT2D eigenvalue weighted by molar-refractivity contribution is -0.101. The van der Waals surface area contributed by atoms with Crippen molar-refractivity contribution in [1.29, 1.82) is 0 Å². The second-order valence-electron chi connectivity index (χ2n) is 3.38. The average Bonchev–Trinajstić information content (AvgIpc) is 2.05. The number of aliphatic hydroxyl groups excluding tert-OH is 1. The summed E-state index contributed by atoms with van der Waals surface area (Å²) in [4.78, 5) is 0. The smallest absolute Gasteiger partial charge is 0.147 e. The molecule has 0 unspecified atom stereocenters. The van der Waals surface area contributed by atoms with Gasteiger partial charge in [-0.2, -0.15) is 0 Å². The Morgan fingerprint density at radius 1 is 1.58 bits per heavy atom. The van der Waals surface area contributed by atoms with Crippen molar-refractivity contribution in [2.24, 2.45) is 5.41 Å². The lowest BCUT2D eigenvalue weighted by Crippen LogP contribution is -2.34. The molecule has 0 bridgehead atoms. The zero-order valence-corrected chi connectivity index (χ0v) is 8.04. The van der Waals surface area contributed by atoms with E-state index < -0.39 is 0 Å². The van der Waals surface area contributed by atoms with Gasteiger partial charge >= 0.3 is 0 Å². The number of hydrogen-bond acceptors (Lipinski definition) is 3. The summed E-state index contributed by atoms with van der Waals surface area (Å²) >= 11 is 0. The molecular formula is C9H18O3. The molecule has 3 heteroatoms. The molecule has 0 aromatic rings. The minimum Gasteiger partial charge on any atom is -0.396 e. The van der Waals surface area contributed by atoms with E-state index in [2.05, 4.69) is 6.58 Å². The Labute approximate surface area is 74.0 Å². The van der Waals surface area contributed by atoms with E-state index in [-0.39, 0.29) is 24.9 Å². The number of ether oxygens (including phenoxy) is 2. The summed E-state index contributed by atoms with van der Waals surface area (Å²) < 4.78 is 10.1. The minimum absolute atomic E-state index is 0.0629. The fourth-order valence-electron chi connectivity index (χ4n) is 0.844. The molecule has 1 atom stereocenters. The number of methoxy groups -OCH3 is 1. The van der Waals surface area contributed by atoms with E-state index >= 15 is 0 Å². The SMILES string of the molecule is C=C[C@H](OCOC)C(C)(C)CO. The average molecular weight is 174 g/mol. The molecule has 1 N–H and O–H groups in total. The van der Waals surface area contributed by atoms with Crippen molar-refractivity contribution in [3.8, 4) is 0 Å². The zero-order valence-electron chi connectivity index (χ0n) is 8.04. The lowest BCUT2D eigenvalue weighted by atomic mass is 9.87.